The molecule has 0 aliphatic rings. The monoisotopic (exact) mass is 484 g/mol. The molecule has 1 aromatic heterocycles. The average Bonchev–Trinajstić information content (AvgIpc) is 3.16. The summed E-state index contributed by atoms with van der Waals surface area (Å²) in [6.07, 6.45) is 1.38. The van der Waals surface area contributed by atoms with Crippen LogP contribution in [-0.2, 0) is 10.0 Å². The summed E-state index contributed by atoms with van der Waals surface area (Å²) in [6.45, 7) is 8.95. The van der Waals surface area contributed by atoms with Crippen molar-refractivity contribution < 1.29 is 17.5 Å². The van der Waals surface area contributed by atoms with Gasteiger partial charge in [0.1, 0.15) is 5.75 Å². The second kappa shape index (κ2) is 7.59. The molecule has 0 fully saturated rings. The first kappa shape index (κ1) is 20.1. The normalized spacial score (nSPS) is 11.4. The van der Waals surface area contributed by atoms with Gasteiger partial charge in [-0.2, -0.15) is 0 Å². The quantitative estimate of drug-likeness (QED) is 0.313. The van der Waals surface area contributed by atoms with Crippen molar-refractivity contribution in [2.24, 2.45) is 0 Å². The predicted molar refractivity (Wildman–Crippen MR) is 116 cm³/mol. The molecule has 0 unspecified atom stereocenters. The topological polar surface area (TPSA) is 52.7 Å². The number of nitrogens with zero attached hydrogens (tertiary/aromatic N) is 2. The van der Waals surface area contributed by atoms with Gasteiger partial charge in [-0.3, -0.25) is 0 Å². The highest BCUT2D eigenvalue weighted by Gasteiger charge is 2.23. The van der Waals surface area contributed by atoms with E-state index in [9.17, 15) is 12.8 Å². The van der Waals surface area contributed by atoms with Crippen LogP contribution < -0.4 is 4.74 Å². The third-order valence-corrected chi connectivity index (χ3v) is 7.04. The van der Waals surface area contributed by atoms with Crippen molar-refractivity contribution in [3.8, 4) is 11.5 Å². The molecule has 0 aliphatic heterocycles. The maximum atomic E-state index is 14.9. The lowest BCUT2D eigenvalue weighted by Crippen LogP contribution is -2.12. The zero-order valence-corrected chi connectivity index (χ0v) is 18.0. The Labute approximate surface area is 181 Å². The third-order valence-electron chi connectivity index (χ3n) is 4.55. The number of halogens is 2. The van der Waals surface area contributed by atoms with E-state index in [2.05, 4.69) is 20.8 Å². The summed E-state index contributed by atoms with van der Waals surface area (Å²) >= 11 is 3.34. The molecule has 8 heteroatoms. The highest BCUT2D eigenvalue weighted by molar-refractivity contribution is 9.10. The number of ether oxygens (including phenoxy) is 1. The van der Waals surface area contributed by atoms with Crippen molar-refractivity contribution in [1.82, 2.24) is 3.97 Å². The summed E-state index contributed by atoms with van der Waals surface area (Å²) in [5.74, 6) is -0.522. The molecule has 3 aromatic carbocycles. The smallest absolute Gasteiger partial charge is 0.268 e. The Morgan fingerprint density at radius 3 is 2.53 bits per heavy atom. The Morgan fingerprint density at radius 1 is 1.10 bits per heavy atom. The van der Waals surface area contributed by atoms with Gasteiger partial charge in [-0.05, 0) is 53.2 Å². The standard InChI is InChI=1S/C22H14BrFN2O3S/c1-14-6-8-17(9-7-14)30(27,28)26-11-10-18-20(26)13-19(24)22(21(18)23)29-16-5-3-4-15(12-16)25-2/h3-13H,1H3. The molecule has 5 nitrogen and oxygen atoms in total. The fraction of sp³-hybridized carbons (Fsp3) is 0.0455. The van der Waals surface area contributed by atoms with Gasteiger partial charge in [0.15, 0.2) is 17.3 Å². The van der Waals surface area contributed by atoms with Gasteiger partial charge >= 0.3 is 0 Å². The van der Waals surface area contributed by atoms with Gasteiger partial charge in [0.05, 0.1) is 21.5 Å². The molecule has 0 amide bonds. The molecule has 0 spiro atoms. The first-order valence-corrected chi connectivity index (χ1v) is 11.0. The Kier molecular flexibility index (Phi) is 5.10. The van der Waals surface area contributed by atoms with Crippen molar-refractivity contribution in [2.75, 3.05) is 0 Å². The fourth-order valence-corrected chi connectivity index (χ4v) is 4.97. The first-order chi connectivity index (χ1) is 14.3. The van der Waals surface area contributed by atoms with Crippen LogP contribution in [-0.4, -0.2) is 12.4 Å². The molecule has 0 saturated carbocycles. The van der Waals surface area contributed by atoms with Crippen molar-refractivity contribution in [3.05, 3.63) is 94.1 Å². The molecule has 30 heavy (non-hydrogen) atoms. The molecule has 0 aliphatic carbocycles. The van der Waals surface area contributed by atoms with Crippen molar-refractivity contribution >= 4 is 42.5 Å². The molecule has 4 aromatic rings. The maximum absolute atomic E-state index is 14.9. The number of aryl methyl sites for hydroxylation is 1. The Morgan fingerprint density at radius 2 is 1.83 bits per heavy atom. The predicted octanol–water partition coefficient (Wildman–Crippen LogP) is 6.43. The summed E-state index contributed by atoms with van der Waals surface area (Å²) in [7, 11) is -3.90. The first-order valence-electron chi connectivity index (χ1n) is 8.78. The van der Waals surface area contributed by atoms with Crippen LogP contribution in [0.3, 0.4) is 0 Å². The van der Waals surface area contributed by atoms with E-state index in [4.69, 9.17) is 11.3 Å². The number of benzene rings is 3. The highest BCUT2D eigenvalue weighted by Crippen LogP contribution is 2.40. The Balaban J connectivity index is 1.82. The number of fused-ring (bicyclic) bond motifs is 1. The SMILES string of the molecule is [C-]#[N+]c1cccc(Oc2c(F)cc3c(ccn3S(=O)(=O)c3ccc(C)cc3)c2Br)c1. The van der Waals surface area contributed by atoms with Crippen molar-refractivity contribution in [3.63, 3.8) is 0 Å². The Hall–Kier alpha value is -3.15. The molecular weight excluding hydrogens is 471 g/mol. The summed E-state index contributed by atoms with van der Waals surface area (Å²) in [4.78, 5) is 3.44. The van der Waals surface area contributed by atoms with E-state index in [1.165, 1.54) is 24.4 Å². The van der Waals surface area contributed by atoms with Gasteiger partial charge in [0.25, 0.3) is 10.0 Å². The molecule has 4 rings (SSSR count). The van der Waals surface area contributed by atoms with Gasteiger partial charge in [0, 0.05) is 17.6 Å². The van der Waals surface area contributed by atoms with Crippen LogP contribution in [0.4, 0.5) is 10.1 Å². The number of hydrogen-bond donors (Lipinski definition) is 0. The second-order valence-electron chi connectivity index (χ2n) is 6.58. The number of aromatic nitrogens is 1. The zero-order chi connectivity index (χ0) is 21.5. The van der Waals surface area contributed by atoms with Crippen LogP contribution >= 0.6 is 15.9 Å². The molecular formula is C22H14BrFN2O3S. The van der Waals surface area contributed by atoms with Crippen LogP contribution in [0.1, 0.15) is 5.56 Å². The van der Waals surface area contributed by atoms with Gasteiger partial charge in [-0.15, -0.1) is 0 Å². The van der Waals surface area contributed by atoms with E-state index >= 15 is 0 Å². The lowest BCUT2D eigenvalue weighted by molar-refractivity contribution is 0.441. The van der Waals surface area contributed by atoms with Crippen molar-refractivity contribution in [1.29, 1.82) is 0 Å². The van der Waals surface area contributed by atoms with Gasteiger partial charge in [-0.25, -0.2) is 21.6 Å². The highest BCUT2D eigenvalue weighted by atomic mass is 79.9. The minimum absolute atomic E-state index is 0.0879. The molecule has 0 bridgehead atoms. The van der Waals surface area contributed by atoms with Crippen LogP contribution in [0.15, 0.2) is 76.2 Å². The van der Waals surface area contributed by atoms with Crippen molar-refractivity contribution in [2.45, 2.75) is 11.8 Å². The summed E-state index contributed by atoms with van der Waals surface area (Å²) in [6, 6.07) is 15.5. The van der Waals surface area contributed by atoms with E-state index in [-0.39, 0.29) is 20.6 Å². The lowest BCUT2D eigenvalue weighted by atomic mass is 10.2. The van der Waals surface area contributed by atoms with Crippen LogP contribution in [0, 0.1) is 19.3 Å². The second-order valence-corrected chi connectivity index (χ2v) is 9.18. The molecule has 0 atom stereocenters. The summed E-state index contributed by atoms with van der Waals surface area (Å²) in [5.41, 5.74) is 1.48. The molecule has 0 saturated heterocycles. The largest absolute Gasteiger partial charge is 0.454 e. The minimum Gasteiger partial charge on any atom is -0.454 e. The molecule has 0 radical (unpaired) electrons. The van der Waals surface area contributed by atoms with E-state index in [0.717, 1.165) is 15.6 Å². The summed E-state index contributed by atoms with van der Waals surface area (Å²) in [5, 5.41) is 0.475. The zero-order valence-electron chi connectivity index (χ0n) is 15.6. The average molecular weight is 485 g/mol. The third kappa shape index (κ3) is 3.47. The molecule has 1 heterocycles. The van der Waals surface area contributed by atoms with E-state index in [1.807, 2.05) is 6.92 Å². The van der Waals surface area contributed by atoms with Crippen LogP contribution in [0.25, 0.3) is 15.7 Å². The van der Waals surface area contributed by atoms with E-state index in [0.29, 0.717) is 16.8 Å². The van der Waals surface area contributed by atoms with Gasteiger partial charge in [0.2, 0.25) is 0 Å². The summed E-state index contributed by atoms with van der Waals surface area (Å²) < 4.78 is 48.0. The maximum Gasteiger partial charge on any atom is 0.268 e. The minimum atomic E-state index is -3.90. The Bertz CT molecular complexity index is 1420. The fourth-order valence-electron chi connectivity index (χ4n) is 3.03. The van der Waals surface area contributed by atoms with Gasteiger partial charge < -0.3 is 4.74 Å². The van der Waals surface area contributed by atoms with Crippen LogP contribution in [0.2, 0.25) is 0 Å². The van der Waals surface area contributed by atoms with Gasteiger partial charge in [-0.1, -0.05) is 29.8 Å². The van der Waals surface area contributed by atoms with Crippen LogP contribution in [0.5, 0.6) is 11.5 Å². The van der Waals surface area contributed by atoms with E-state index in [1.54, 1.807) is 36.4 Å². The molecule has 150 valence electrons. The lowest BCUT2D eigenvalue weighted by Gasteiger charge is -2.12. The van der Waals surface area contributed by atoms with E-state index < -0.39 is 15.8 Å². The number of rotatable bonds is 4. The molecule has 0 N–H and O–H groups in total. The number of hydrogen-bond acceptors (Lipinski definition) is 3.